The van der Waals surface area contributed by atoms with Crippen molar-refractivity contribution in [3.8, 4) is 10.4 Å². The molecular formula is C15H12BrN3S. The Labute approximate surface area is 129 Å². The van der Waals surface area contributed by atoms with E-state index in [9.17, 15) is 0 Å². The molecule has 5 heteroatoms. The molecule has 0 atom stereocenters. The predicted octanol–water partition coefficient (Wildman–Crippen LogP) is 4.58. The summed E-state index contributed by atoms with van der Waals surface area (Å²) >= 11 is 5.37. The molecule has 0 aliphatic rings. The maximum absolute atomic E-state index is 4.01. The fourth-order valence-electron chi connectivity index (χ4n) is 1.85. The lowest BCUT2D eigenvalue weighted by molar-refractivity contribution is 1.01. The first-order valence-corrected chi connectivity index (χ1v) is 7.79. The van der Waals surface area contributed by atoms with Crippen molar-refractivity contribution < 1.29 is 0 Å². The van der Waals surface area contributed by atoms with Crippen molar-refractivity contribution in [3.63, 3.8) is 0 Å². The molecule has 3 nitrogen and oxygen atoms in total. The summed E-state index contributed by atoms with van der Waals surface area (Å²) in [7, 11) is 0. The van der Waals surface area contributed by atoms with Crippen LogP contribution in [0.25, 0.3) is 10.4 Å². The Balaban J connectivity index is 1.73. The van der Waals surface area contributed by atoms with Gasteiger partial charge in [-0.2, -0.15) is 5.10 Å². The van der Waals surface area contributed by atoms with E-state index in [0.29, 0.717) is 0 Å². The Morgan fingerprint density at radius 1 is 1.05 bits per heavy atom. The monoisotopic (exact) mass is 345 g/mol. The molecule has 3 aromatic rings. The van der Waals surface area contributed by atoms with Gasteiger partial charge in [-0.05, 0) is 30.3 Å². The Bertz CT molecular complexity index is 697. The van der Waals surface area contributed by atoms with Crippen molar-refractivity contribution in [1.82, 2.24) is 10.2 Å². The second-order valence-corrected chi connectivity index (χ2v) is 6.23. The molecule has 0 radical (unpaired) electrons. The molecule has 0 spiro atoms. The van der Waals surface area contributed by atoms with Crippen LogP contribution >= 0.6 is 27.3 Å². The highest BCUT2D eigenvalue weighted by Gasteiger charge is 2.06. The van der Waals surface area contributed by atoms with E-state index in [1.54, 1.807) is 17.5 Å². The molecule has 0 bridgehead atoms. The van der Waals surface area contributed by atoms with E-state index >= 15 is 0 Å². The molecule has 20 heavy (non-hydrogen) atoms. The number of aromatic nitrogens is 2. The van der Waals surface area contributed by atoms with E-state index in [1.165, 1.54) is 15.3 Å². The number of hydrogen-bond acceptors (Lipinski definition) is 4. The summed E-state index contributed by atoms with van der Waals surface area (Å²) in [4.78, 5) is 2.52. The normalized spacial score (nSPS) is 10.4. The molecule has 0 amide bonds. The van der Waals surface area contributed by atoms with Gasteiger partial charge in [-0.15, -0.1) is 16.4 Å². The third kappa shape index (κ3) is 3.05. The standard InChI is InChI=1S/C15H12BrN3S/c16-13-5-2-1-4-12(13)14-8-7-11(20-14)10-17-15-6-3-9-18-19-15/h1-9H,10H2,(H,17,19). The zero-order chi connectivity index (χ0) is 13.8. The van der Waals surface area contributed by atoms with Crippen LogP contribution in [0.3, 0.4) is 0 Å². The van der Waals surface area contributed by atoms with Gasteiger partial charge in [0, 0.05) is 26.0 Å². The van der Waals surface area contributed by atoms with Gasteiger partial charge in [0.2, 0.25) is 0 Å². The third-order valence-electron chi connectivity index (χ3n) is 2.82. The summed E-state index contributed by atoms with van der Waals surface area (Å²) in [6, 6.07) is 16.3. The Kier molecular flexibility index (Phi) is 4.08. The second kappa shape index (κ2) is 6.15. The summed E-state index contributed by atoms with van der Waals surface area (Å²) < 4.78 is 1.12. The molecule has 0 fully saturated rings. The van der Waals surface area contributed by atoms with Crippen LogP contribution in [0.2, 0.25) is 0 Å². The second-order valence-electron chi connectivity index (χ2n) is 4.21. The number of thiophene rings is 1. The lowest BCUT2D eigenvalue weighted by Gasteiger charge is -2.02. The lowest BCUT2D eigenvalue weighted by atomic mass is 10.2. The highest BCUT2D eigenvalue weighted by molar-refractivity contribution is 9.10. The van der Waals surface area contributed by atoms with E-state index in [0.717, 1.165) is 16.8 Å². The zero-order valence-electron chi connectivity index (χ0n) is 10.6. The largest absolute Gasteiger partial charge is 0.364 e. The van der Waals surface area contributed by atoms with Crippen LogP contribution in [-0.4, -0.2) is 10.2 Å². The fourth-order valence-corrected chi connectivity index (χ4v) is 3.47. The predicted molar refractivity (Wildman–Crippen MR) is 86.8 cm³/mol. The number of nitrogens with one attached hydrogen (secondary N) is 1. The van der Waals surface area contributed by atoms with Crippen molar-refractivity contribution in [2.24, 2.45) is 0 Å². The molecule has 3 rings (SSSR count). The summed E-state index contributed by atoms with van der Waals surface area (Å²) in [6.07, 6.45) is 1.67. The van der Waals surface area contributed by atoms with Gasteiger partial charge in [0.15, 0.2) is 0 Å². The van der Waals surface area contributed by atoms with Crippen molar-refractivity contribution in [1.29, 1.82) is 0 Å². The molecule has 1 aromatic carbocycles. The van der Waals surface area contributed by atoms with Crippen LogP contribution in [-0.2, 0) is 6.54 Å². The van der Waals surface area contributed by atoms with Gasteiger partial charge in [0.25, 0.3) is 0 Å². The summed E-state index contributed by atoms with van der Waals surface area (Å²) in [6.45, 7) is 0.758. The van der Waals surface area contributed by atoms with Crippen LogP contribution in [0.15, 0.2) is 59.2 Å². The average Bonchev–Trinajstić information content (AvgIpc) is 2.95. The lowest BCUT2D eigenvalue weighted by Crippen LogP contribution is -1.99. The van der Waals surface area contributed by atoms with Crippen LogP contribution in [0.4, 0.5) is 5.82 Å². The molecule has 1 N–H and O–H groups in total. The minimum atomic E-state index is 0.758. The first kappa shape index (κ1) is 13.3. The number of benzene rings is 1. The maximum atomic E-state index is 4.01. The SMILES string of the molecule is Brc1ccccc1-c1ccc(CNc2cccnn2)s1. The Morgan fingerprint density at radius 3 is 2.75 bits per heavy atom. The number of nitrogens with zero attached hydrogens (tertiary/aromatic N) is 2. The van der Waals surface area contributed by atoms with E-state index in [2.05, 4.69) is 61.8 Å². The number of halogens is 1. The first-order valence-electron chi connectivity index (χ1n) is 6.18. The topological polar surface area (TPSA) is 37.8 Å². The third-order valence-corrected chi connectivity index (χ3v) is 4.63. The van der Waals surface area contributed by atoms with E-state index < -0.39 is 0 Å². The molecular weight excluding hydrogens is 334 g/mol. The van der Waals surface area contributed by atoms with E-state index in [-0.39, 0.29) is 0 Å². The van der Waals surface area contributed by atoms with Crippen molar-refractivity contribution >= 4 is 33.1 Å². The van der Waals surface area contributed by atoms with Crippen LogP contribution < -0.4 is 5.32 Å². The number of anilines is 1. The number of hydrogen-bond donors (Lipinski definition) is 1. The van der Waals surface area contributed by atoms with Gasteiger partial charge in [-0.25, -0.2) is 0 Å². The smallest absolute Gasteiger partial charge is 0.148 e. The van der Waals surface area contributed by atoms with Gasteiger partial charge in [-0.3, -0.25) is 0 Å². The molecule has 2 heterocycles. The molecule has 0 saturated carbocycles. The first-order chi connectivity index (χ1) is 9.83. The van der Waals surface area contributed by atoms with Crippen LogP contribution in [0, 0.1) is 0 Å². The molecule has 100 valence electrons. The highest BCUT2D eigenvalue weighted by Crippen LogP contribution is 2.33. The van der Waals surface area contributed by atoms with E-state index in [1.807, 2.05) is 18.2 Å². The van der Waals surface area contributed by atoms with Gasteiger partial charge in [-0.1, -0.05) is 34.1 Å². The Hall–Kier alpha value is -1.72. The van der Waals surface area contributed by atoms with Gasteiger partial charge in [0.1, 0.15) is 5.82 Å². The van der Waals surface area contributed by atoms with Crippen molar-refractivity contribution in [2.45, 2.75) is 6.54 Å². The summed E-state index contributed by atoms with van der Waals surface area (Å²) in [5, 5.41) is 11.1. The maximum Gasteiger partial charge on any atom is 0.148 e. The van der Waals surface area contributed by atoms with Crippen LogP contribution in [0.5, 0.6) is 0 Å². The number of rotatable bonds is 4. The van der Waals surface area contributed by atoms with Crippen LogP contribution in [0.1, 0.15) is 4.88 Å². The minimum absolute atomic E-state index is 0.758. The van der Waals surface area contributed by atoms with E-state index in [4.69, 9.17) is 0 Å². The highest BCUT2D eigenvalue weighted by atomic mass is 79.9. The minimum Gasteiger partial charge on any atom is -0.364 e. The van der Waals surface area contributed by atoms with Crippen molar-refractivity contribution in [2.75, 3.05) is 5.32 Å². The Morgan fingerprint density at radius 2 is 1.95 bits per heavy atom. The van der Waals surface area contributed by atoms with Crippen molar-refractivity contribution in [3.05, 3.63) is 64.1 Å². The molecule has 2 aromatic heterocycles. The van der Waals surface area contributed by atoms with Gasteiger partial charge >= 0.3 is 0 Å². The fraction of sp³-hybridized carbons (Fsp3) is 0.0667. The average molecular weight is 346 g/mol. The zero-order valence-corrected chi connectivity index (χ0v) is 13.0. The summed E-state index contributed by atoms with van der Waals surface area (Å²) in [5.41, 5.74) is 1.23. The molecule has 0 aliphatic heterocycles. The molecule has 0 saturated heterocycles. The van der Waals surface area contributed by atoms with Gasteiger partial charge < -0.3 is 5.32 Å². The van der Waals surface area contributed by atoms with Gasteiger partial charge in [0.05, 0.1) is 6.54 Å². The molecule has 0 unspecified atom stereocenters. The molecule has 0 aliphatic carbocycles. The quantitative estimate of drug-likeness (QED) is 0.751. The summed E-state index contributed by atoms with van der Waals surface area (Å²) in [5.74, 6) is 0.795.